The average molecular weight is 470 g/mol. The van der Waals surface area contributed by atoms with Gasteiger partial charge in [-0.05, 0) is 62.6 Å². The monoisotopic (exact) mass is 468 g/mol. The van der Waals surface area contributed by atoms with Crippen LogP contribution in [0.15, 0.2) is 34.8 Å². The van der Waals surface area contributed by atoms with Crippen LogP contribution in [-0.4, -0.2) is 7.11 Å². The topological polar surface area (TPSA) is 9.23 Å². The third-order valence-corrected chi connectivity index (χ3v) is 5.59. The minimum Gasteiger partial charge on any atom is -0.496 e. The van der Waals surface area contributed by atoms with Crippen LogP contribution in [0.4, 0.5) is 4.39 Å². The first kappa shape index (κ1) is 16.0. The Bertz CT molecular complexity index is 648. The fourth-order valence-corrected chi connectivity index (χ4v) is 3.52. The molecule has 5 heteroatoms. The summed E-state index contributed by atoms with van der Waals surface area (Å²) in [5, 5.41) is -0.395. The van der Waals surface area contributed by atoms with E-state index in [1.165, 1.54) is 13.2 Å². The molecule has 0 saturated carbocycles. The molecule has 0 saturated heterocycles. The molecule has 0 radical (unpaired) electrons. The summed E-state index contributed by atoms with van der Waals surface area (Å²) in [6.45, 7) is 2.03. The Morgan fingerprint density at radius 2 is 2.00 bits per heavy atom. The van der Waals surface area contributed by atoms with E-state index in [0.29, 0.717) is 10.2 Å². The molecule has 0 N–H and O–H groups in total. The van der Waals surface area contributed by atoms with Crippen LogP contribution >= 0.6 is 50.1 Å². The summed E-state index contributed by atoms with van der Waals surface area (Å²) in [7, 11) is 1.51. The van der Waals surface area contributed by atoms with Gasteiger partial charge in [0, 0.05) is 15.2 Å². The van der Waals surface area contributed by atoms with Crippen molar-refractivity contribution in [3.05, 3.63) is 60.9 Å². The number of hydrogen-bond donors (Lipinski definition) is 0. The number of methoxy groups -OCH3 is 1. The fourth-order valence-electron chi connectivity index (χ4n) is 1.95. The lowest BCUT2D eigenvalue weighted by molar-refractivity contribution is 0.406. The summed E-state index contributed by atoms with van der Waals surface area (Å²) in [5.74, 6) is 0.0800. The molecular weight excluding hydrogens is 457 g/mol. The zero-order chi connectivity index (χ0) is 14.9. The van der Waals surface area contributed by atoms with Gasteiger partial charge in [-0.15, -0.1) is 11.6 Å². The third-order valence-electron chi connectivity index (χ3n) is 3.04. The molecule has 1 atom stereocenters. The van der Waals surface area contributed by atoms with Gasteiger partial charge in [0.25, 0.3) is 0 Å². The number of ether oxygens (including phenoxy) is 1. The molecule has 0 aliphatic heterocycles. The maximum absolute atomic E-state index is 13.6. The molecule has 2 aromatic carbocycles. The minimum absolute atomic E-state index is 0.367. The molecule has 0 amide bonds. The molecule has 106 valence electrons. The molecule has 2 rings (SSSR count). The fraction of sp³-hybridized carbons (Fsp3) is 0.200. The summed E-state index contributed by atoms with van der Waals surface area (Å²) >= 11 is 12.1. The van der Waals surface area contributed by atoms with E-state index in [1.807, 2.05) is 25.1 Å². The number of halogens is 4. The highest BCUT2D eigenvalue weighted by Crippen LogP contribution is 2.39. The lowest BCUT2D eigenvalue weighted by Crippen LogP contribution is -2.01. The van der Waals surface area contributed by atoms with Crippen LogP contribution in [0.5, 0.6) is 5.75 Å². The first-order chi connectivity index (χ1) is 9.45. The molecule has 0 aliphatic rings. The van der Waals surface area contributed by atoms with Crippen LogP contribution in [0.2, 0.25) is 0 Å². The van der Waals surface area contributed by atoms with Crippen LogP contribution in [0.25, 0.3) is 0 Å². The predicted molar refractivity (Wildman–Crippen MR) is 92.2 cm³/mol. The molecule has 1 unspecified atom stereocenters. The summed E-state index contributed by atoms with van der Waals surface area (Å²) in [4.78, 5) is 0. The Labute approximate surface area is 144 Å². The average Bonchev–Trinajstić information content (AvgIpc) is 2.43. The van der Waals surface area contributed by atoms with Gasteiger partial charge in [0.05, 0.1) is 17.0 Å². The second-order valence-corrected chi connectivity index (χ2v) is 6.72. The van der Waals surface area contributed by atoms with Crippen LogP contribution in [-0.2, 0) is 0 Å². The largest absolute Gasteiger partial charge is 0.496 e. The summed E-state index contributed by atoms with van der Waals surface area (Å²) in [5.41, 5.74) is 2.89. The SMILES string of the molecule is COc1cc(F)c(Br)cc1C(Cl)c1cccc(C)c1I. The van der Waals surface area contributed by atoms with Crippen molar-refractivity contribution in [2.45, 2.75) is 12.3 Å². The number of hydrogen-bond acceptors (Lipinski definition) is 1. The lowest BCUT2D eigenvalue weighted by Gasteiger charge is -2.17. The second kappa shape index (κ2) is 6.62. The van der Waals surface area contributed by atoms with E-state index in [4.69, 9.17) is 16.3 Å². The molecule has 0 spiro atoms. The molecular formula is C15H12BrClFIO. The van der Waals surface area contributed by atoms with E-state index in [9.17, 15) is 4.39 Å². The Morgan fingerprint density at radius 3 is 2.65 bits per heavy atom. The van der Waals surface area contributed by atoms with Crippen LogP contribution in [0, 0.1) is 16.3 Å². The van der Waals surface area contributed by atoms with Crippen molar-refractivity contribution in [2.24, 2.45) is 0 Å². The molecule has 0 aromatic heterocycles. The molecule has 0 fully saturated rings. The Morgan fingerprint density at radius 1 is 1.30 bits per heavy atom. The van der Waals surface area contributed by atoms with E-state index in [-0.39, 0.29) is 5.82 Å². The van der Waals surface area contributed by atoms with Gasteiger partial charge < -0.3 is 4.74 Å². The molecule has 0 bridgehead atoms. The van der Waals surface area contributed by atoms with Crippen LogP contribution < -0.4 is 4.74 Å². The number of benzene rings is 2. The standard InChI is InChI=1S/C15H12BrClFIO/c1-8-4-3-5-9(15(8)19)14(17)10-6-11(16)12(18)7-13(10)20-2/h3-7,14H,1-2H3. The highest BCUT2D eigenvalue weighted by molar-refractivity contribution is 14.1. The van der Waals surface area contributed by atoms with E-state index < -0.39 is 5.38 Å². The Balaban J connectivity index is 2.55. The highest BCUT2D eigenvalue weighted by atomic mass is 127. The normalized spacial score (nSPS) is 12.3. The van der Waals surface area contributed by atoms with Crippen LogP contribution in [0.1, 0.15) is 22.1 Å². The van der Waals surface area contributed by atoms with Gasteiger partial charge in [0.2, 0.25) is 0 Å². The van der Waals surface area contributed by atoms with Crippen molar-refractivity contribution in [2.75, 3.05) is 7.11 Å². The molecule has 0 heterocycles. The summed E-state index contributed by atoms with van der Waals surface area (Å²) in [6.07, 6.45) is 0. The lowest BCUT2D eigenvalue weighted by atomic mass is 10.0. The molecule has 2 aromatic rings. The van der Waals surface area contributed by atoms with E-state index in [0.717, 1.165) is 20.3 Å². The zero-order valence-electron chi connectivity index (χ0n) is 10.9. The first-order valence-electron chi connectivity index (χ1n) is 5.87. The third kappa shape index (κ3) is 3.12. The predicted octanol–water partition coefficient (Wildman–Crippen LogP) is 5.84. The maximum atomic E-state index is 13.6. The first-order valence-corrected chi connectivity index (χ1v) is 8.18. The van der Waals surface area contributed by atoms with Gasteiger partial charge in [0.1, 0.15) is 11.6 Å². The zero-order valence-corrected chi connectivity index (χ0v) is 15.4. The van der Waals surface area contributed by atoms with Gasteiger partial charge in [-0.2, -0.15) is 0 Å². The smallest absolute Gasteiger partial charge is 0.141 e. The van der Waals surface area contributed by atoms with Gasteiger partial charge in [-0.25, -0.2) is 4.39 Å². The van der Waals surface area contributed by atoms with Crippen molar-refractivity contribution >= 4 is 50.1 Å². The second-order valence-electron chi connectivity index (χ2n) is 4.35. The van der Waals surface area contributed by atoms with Crippen molar-refractivity contribution in [1.29, 1.82) is 0 Å². The Hall–Kier alpha value is -0.330. The van der Waals surface area contributed by atoms with Crippen molar-refractivity contribution in [3.63, 3.8) is 0 Å². The van der Waals surface area contributed by atoms with Crippen molar-refractivity contribution in [3.8, 4) is 5.75 Å². The van der Waals surface area contributed by atoms with E-state index in [2.05, 4.69) is 38.5 Å². The summed E-state index contributed by atoms with van der Waals surface area (Å²) in [6, 6.07) is 8.99. The number of aryl methyl sites for hydroxylation is 1. The summed E-state index contributed by atoms with van der Waals surface area (Å²) < 4.78 is 20.3. The number of alkyl halides is 1. The van der Waals surface area contributed by atoms with Crippen molar-refractivity contribution < 1.29 is 9.13 Å². The van der Waals surface area contributed by atoms with Gasteiger partial charge in [-0.1, -0.05) is 18.2 Å². The molecule has 0 aliphatic carbocycles. The van der Waals surface area contributed by atoms with Gasteiger partial charge in [-0.3, -0.25) is 0 Å². The Kier molecular flexibility index (Phi) is 5.31. The van der Waals surface area contributed by atoms with Gasteiger partial charge in [0.15, 0.2) is 0 Å². The molecule has 1 nitrogen and oxygen atoms in total. The van der Waals surface area contributed by atoms with Crippen molar-refractivity contribution in [1.82, 2.24) is 0 Å². The quantitative estimate of drug-likeness (QED) is 0.406. The highest BCUT2D eigenvalue weighted by Gasteiger charge is 2.20. The van der Waals surface area contributed by atoms with Gasteiger partial charge >= 0.3 is 0 Å². The molecule has 20 heavy (non-hydrogen) atoms. The number of rotatable bonds is 3. The van der Waals surface area contributed by atoms with E-state index >= 15 is 0 Å². The van der Waals surface area contributed by atoms with E-state index in [1.54, 1.807) is 6.07 Å². The maximum Gasteiger partial charge on any atom is 0.141 e. The minimum atomic E-state index is -0.395. The van der Waals surface area contributed by atoms with Crippen LogP contribution in [0.3, 0.4) is 0 Å².